The van der Waals surface area contributed by atoms with Crippen molar-refractivity contribution in [3.63, 3.8) is 0 Å². The second kappa shape index (κ2) is 15.4. The number of hydrogen-bond acceptors (Lipinski definition) is 1. The molecule has 0 unspecified atom stereocenters. The number of aryl methyl sites for hydroxylation is 2. The molecule has 2 aliphatic carbocycles. The fourth-order valence-corrected chi connectivity index (χ4v) is 6.54. The SMILES string of the molecule is CCCCCCCc1ccc(CCCC[C@H]2CC[C@H]([C@H]3CC[C@H](C=C(F)C#N)CC3)CC2)cc1. The second-order valence-corrected chi connectivity index (χ2v) is 11.3. The van der Waals surface area contributed by atoms with Crippen molar-refractivity contribution in [2.24, 2.45) is 23.7 Å². The topological polar surface area (TPSA) is 23.8 Å². The lowest BCUT2D eigenvalue weighted by Crippen LogP contribution is -2.25. The molecule has 34 heavy (non-hydrogen) atoms. The number of allylic oxidation sites excluding steroid dienone is 2. The lowest BCUT2D eigenvalue weighted by molar-refractivity contribution is 0.151. The van der Waals surface area contributed by atoms with Crippen LogP contribution in [0.2, 0.25) is 0 Å². The van der Waals surface area contributed by atoms with Crippen LogP contribution in [-0.2, 0) is 12.8 Å². The molecule has 0 amide bonds. The summed E-state index contributed by atoms with van der Waals surface area (Å²) >= 11 is 0. The number of unbranched alkanes of at least 4 members (excludes halogenated alkanes) is 5. The number of nitriles is 1. The molecule has 0 aromatic heterocycles. The normalized spacial score (nSPS) is 25.7. The highest BCUT2D eigenvalue weighted by Crippen LogP contribution is 2.42. The van der Waals surface area contributed by atoms with Crippen LogP contribution in [0.5, 0.6) is 0 Å². The van der Waals surface area contributed by atoms with Gasteiger partial charge in [-0.2, -0.15) is 9.65 Å². The number of benzene rings is 1. The first-order chi connectivity index (χ1) is 16.7. The van der Waals surface area contributed by atoms with Gasteiger partial charge in [0, 0.05) is 0 Å². The highest BCUT2D eigenvalue weighted by Gasteiger charge is 2.30. The standard InChI is InChI=1S/C32H48FN/c1-2-3-4-5-6-9-26-12-14-27(15-13-26)10-7-8-11-28-16-20-30(21-17-28)31-22-18-29(19-23-31)24-32(33)25-34/h12-15,24,28-31H,2-11,16-23H2,1H3/t28-,29-,30-,31-. The summed E-state index contributed by atoms with van der Waals surface area (Å²) in [5.74, 6) is 2.38. The molecule has 2 fully saturated rings. The Hall–Kier alpha value is -1.62. The third kappa shape index (κ3) is 9.56. The summed E-state index contributed by atoms with van der Waals surface area (Å²) in [5, 5.41) is 8.64. The molecule has 1 nitrogen and oxygen atoms in total. The van der Waals surface area contributed by atoms with Crippen molar-refractivity contribution >= 4 is 0 Å². The lowest BCUT2D eigenvalue weighted by Gasteiger charge is -2.37. The van der Waals surface area contributed by atoms with Gasteiger partial charge < -0.3 is 0 Å². The number of halogens is 1. The Bertz CT molecular complexity index is 742. The Labute approximate surface area is 209 Å². The van der Waals surface area contributed by atoms with Gasteiger partial charge in [-0.05, 0) is 105 Å². The van der Waals surface area contributed by atoms with Crippen molar-refractivity contribution in [3.8, 4) is 6.07 Å². The molecule has 0 spiro atoms. The molecule has 2 saturated carbocycles. The van der Waals surface area contributed by atoms with Crippen LogP contribution < -0.4 is 0 Å². The number of rotatable bonds is 13. The van der Waals surface area contributed by atoms with Crippen LogP contribution >= 0.6 is 0 Å². The average Bonchev–Trinajstić information content (AvgIpc) is 2.88. The van der Waals surface area contributed by atoms with Crippen LogP contribution in [0, 0.1) is 35.0 Å². The molecule has 3 rings (SSSR count). The summed E-state index contributed by atoms with van der Waals surface area (Å²) in [5.41, 5.74) is 3.02. The minimum absolute atomic E-state index is 0.291. The third-order valence-electron chi connectivity index (χ3n) is 8.78. The fraction of sp³-hybridized carbons (Fsp3) is 0.719. The Kier molecular flexibility index (Phi) is 12.2. The van der Waals surface area contributed by atoms with E-state index in [1.807, 2.05) is 0 Å². The van der Waals surface area contributed by atoms with E-state index in [4.69, 9.17) is 5.26 Å². The maximum atomic E-state index is 13.2. The average molecular weight is 466 g/mol. The maximum absolute atomic E-state index is 13.2. The van der Waals surface area contributed by atoms with E-state index in [0.29, 0.717) is 5.92 Å². The Balaban J connectivity index is 1.24. The summed E-state index contributed by atoms with van der Waals surface area (Å²) in [6.07, 6.45) is 25.2. The van der Waals surface area contributed by atoms with Gasteiger partial charge in [0.1, 0.15) is 6.07 Å². The minimum atomic E-state index is -0.589. The van der Waals surface area contributed by atoms with Crippen LogP contribution in [0.15, 0.2) is 36.2 Å². The van der Waals surface area contributed by atoms with Crippen molar-refractivity contribution < 1.29 is 4.39 Å². The minimum Gasteiger partial charge on any atom is -0.195 e. The van der Waals surface area contributed by atoms with Gasteiger partial charge in [0.25, 0.3) is 0 Å². The van der Waals surface area contributed by atoms with Crippen molar-refractivity contribution in [1.29, 1.82) is 5.26 Å². The zero-order chi connectivity index (χ0) is 24.0. The molecule has 0 saturated heterocycles. The predicted molar refractivity (Wildman–Crippen MR) is 142 cm³/mol. The quantitative estimate of drug-likeness (QED) is 0.210. The molecule has 1 aromatic rings. The van der Waals surface area contributed by atoms with Crippen LogP contribution in [0.3, 0.4) is 0 Å². The van der Waals surface area contributed by atoms with Gasteiger partial charge >= 0.3 is 0 Å². The van der Waals surface area contributed by atoms with Crippen LogP contribution in [0.4, 0.5) is 4.39 Å². The molecular formula is C32H48FN. The first-order valence-electron chi connectivity index (χ1n) is 14.5. The van der Waals surface area contributed by atoms with Gasteiger partial charge in [-0.15, -0.1) is 0 Å². The summed E-state index contributed by atoms with van der Waals surface area (Å²) in [7, 11) is 0. The largest absolute Gasteiger partial charge is 0.196 e. The first-order valence-corrected chi connectivity index (χ1v) is 14.5. The first kappa shape index (κ1) is 27.0. The van der Waals surface area contributed by atoms with Gasteiger partial charge in [0.2, 0.25) is 0 Å². The maximum Gasteiger partial charge on any atom is 0.196 e. The molecule has 0 atom stereocenters. The Morgan fingerprint density at radius 3 is 1.88 bits per heavy atom. The molecule has 2 heteroatoms. The summed E-state index contributed by atoms with van der Waals surface area (Å²) < 4.78 is 13.2. The molecule has 0 bridgehead atoms. The monoisotopic (exact) mass is 465 g/mol. The van der Waals surface area contributed by atoms with E-state index < -0.39 is 5.83 Å². The summed E-state index contributed by atoms with van der Waals surface area (Å²) in [6, 6.07) is 11.1. The lowest BCUT2D eigenvalue weighted by atomic mass is 9.68. The highest BCUT2D eigenvalue weighted by atomic mass is 19.1. The van der Waals surface area contributed by atoms with Gasteiger partial charge in [-0.1, -0.05) is 82.6 Å². The van der Waals surface area contributed by atoms with E-state index in [9.17, 15) is 4.39 Å². The zero-order valence-electron chi connectivity index (χ0n) is 21.7. The second-order valence-electron chi connectivity index (χ2n) is 11.3. The van der Waals surface area contributed by atoms with Crippen molar-refractivity contribution in [2.75, 3.05) is 0 Å². The van der Waals surface area contributed by atoms with Gasteiger partial charge in [-0.25, -0.2) is 0 Å². The molecule has 188 valence electrons. The molecule has 2 aliphatic rings. The molecule has 1 aromatic carbocycles. The van der Waals surface area contributed by atoms with E-state index in [1.54, 1.807) is 12.1 Å². The third-order valence-corrected chi connectivity index (χ3v) is 8.78. The Morgan fingerprint density at radius 1 is 0.794 bits per heavy atom. The predicted octanol–water partition coefficient (Wildman–Crippen LogP) is 9.90. The van der Waals surface area contributed by atoms with Crippen LogP contribution in [0.1, 0.15) is 121 Å². The van der Waals surface area contributed by atoms with E-state index in [0.717, 1.165) is 30.6 Å². The van der Waals surface area contributed by atoms with E-state index in [-0.39, 0.29) is 0 Å². The van der Waals surface area contributed by atoms with E-state index in [1.165, 1.54) is 114 Å². The van der Waals surface area contributed by atoms with Gasteiger partial charge in [0.05, 0.1) is 0 Å². The molecule has 0 radical (unpaired) electrons. The zero-order valence-corrected chi connectivity index (χ0v) is 21.7. The number of nitrogens with zero attached hydrogens (tertiary/aromatic N) is 1. The molecule has 0 aliphatic heterocycles. The number of hydrogen-bond donors (Lipinski definition) is 0. The van der Waals surface area contributed by atoms with E-state index in [2.05, 4.69) is 31.2 Å². The molecular weight excluding hydrogens is 417 g/mol. The molecule has 0 N–H and O–H groups in total. The van der Waals surface area contributed by atoms with E-state index >= 15 is 0 Å². The fourth-order valence-electron chi connectivity index (χ4n) is 6.54. The molecule has 0 heterocycles. The van der Waals surface area contributed by atoms with Crippen molar-refractivity contribution in [1.82, 2.24) is 0 Å². The van der Waals surface area contributed by atoms with Crippen molar-refractivity contribution in [2.45, 2.75) is 122 Å². The Morgan fingerprint density at radius 2 is 1.32 bits per heavy atom. The van der Waals surface area contributed by atoms with Crippen LogP contribution in [-0.4, -0.2) is 0 Å². The highest BCUT2D eigenvalue weighted by molar-refractivity contribution is 5.22. The van der Waals surface area contributed by atoms with Gasteiger partial charge in [-0.3, -0.25) is 0 Å². The smallest absolute Gasteiger partial charge is 0.195 e. The van der Waals surface area contributed by atoms with Crippen molar-refractivity contribution in [3.05, 3.63) is 47.3 Å². The summed E-state index contributed by atoms with van der Waals surface area (Å²) in [6.45, 7) is 2.28. The van der Waals surface area contributed by atoms with Crippen LogP contribution in [0.25, 0.3) is 0 Å². The summed E-state index contributed by atoms with van der Waals surface area (Å²) in [4.78, 5) is 0. The van der Waals surface area contributed by atoms with Gasteiger partial charge in [0.15, 0.2) is 5.83 Å².